The first-order valence-corrected chi connectivity index (χ1v) is 12.7. The van der Waals surface area contributed by atoms with E-state index in [0.29, 0.717) is 17.4 Å². The molecule has 1 aliphatic heterocycles. The van der Waals surface area contributed by atoms with Crippen LogP contribution in [0.15, 0.2) is 70.6 Å². The second kappa shape index (κ2) is 10.6. The molecular weight excluding hydrogens is 462 g/mol. The smallest absolute Gasteiger partial charge is 0.234 e. The van der Waals surface area contributed by atoms with Gasteiger partial charge >= 0.3 is 0 Å². The van der Waals surface area contributed by atoms with Gasteiger partial charge in [0.15, 0.2) is 0 Å². The van der Waals surface area contributed by atoms with Crippen LogP contribution in [0.4, 0.5) is 17.1 Å². The van der Waals surface area contributed by atoms with Gasteiger partial charge in [0.25, 0.3) is 0 Å². The van der Waals surface area contributed by atoms with Crippen molar-refractivity contribution in [3.8, 4) is 0 Å². The van der Waals surface area contributed by atoms with Crippen molar-refractivity contribution >= 4 is 57.1 Å². The molecule has 3 aromatic rings. The van der Waals surface area contributed by atoms with Crippen LogP contribution in [0.25, 0.3) is 0 Å². The third-order valence-electron chi connectivity index (χ3n) is 5.82. The molecule has 0 radical (unpaired) electrons. The van der Waals surface area contributed by atoms with E-state index in [4.69, 9.17) is 21.6 Å². The molecule has 1 amide bonds. The van der Waals surface area contributed by atoms with Crippen molar-refractivity contribution in [3.63, 3.8) is 0 Å². The van der Waals surface area contributed by atoms with Gasteiger partial charge in [-0.3, -0.25) is 9.79 Å². The van der Waals surface area contributed by atoms with Gasteiger partial charge in [0.2, 0.25) is 5.91 Å². The highest BCUT2D eigenvalue weighted by molar-refractivity contribution is 8.14. The van der Waals surface area contributed by atoms with Gasteiger partial charge in [0.1, 0.15) is 0 Å². The Kier molecular flexibility index (Phi) is 7.54. The number of benzene rings is 3. The minimum Gasteiger partial charge on any atom is -0.325 e. The van der Waals surface area contributed by atoms with Crippen LogP contribution >= 0.6 is 23.4 Å². The van der Waals surface area contributed by atoms with Crippen molar-refractivity contribution in [1.82, 2.24) is 0 Å². The maximum atomic E-state index is 12.7. The lowest BCUT2D eigenvalue weighted by molar-refractivity contribution is -0.113. The lowest BCUT2D eigenvalue weighted by Crippen LogP contribution is -2.16. The molecule has 3 aromatic carbocycles. The third-order valence-corrected chi connectivity index (χ3v) is 7.05. The molecule has 34 heavy (non-hydrogen) atoms. The fourth-order valence-corrected chi connectivity index (χ4v) is 4.55. The first kappa shape index (κ1) is 24.2. The Morgan fingerprint density at radius 3 is 2.21 bits per heavy atom. The summed E-state index contributed by atoms with van der Waals surface area (Å²) in [4.78, 5) is 22.5. The molecule has 0 aliphatic carbocycles. The molecule has 174 valence electrons. The summed E-state index contributed by atoms with van der Waals surface area (Å²) in [6.45, 7) is 8.46. The average molecular weight is 490 g/mol. The fourth-order valence-electron chi connectivity index (χ4n) is 3.66. The standard InChI is InChI=1S/C28H28ClN3OS/c1-17(2)20-7-11-23(12-8-20)30-27(33)16-34-28-15-24(21-5-9-22(29)10-6-21)31-25-13-18(3)19(4)14-26(25)32-28/h5-14,17H,15-16H2,1-4H3,(H,30,33). The number of amides is 1. The maximum Gasteiger partial charge on any atom is 0.234 e. The molecule has 0 saturated heterocycles. The maximum absolute atomic E-state index is 12.7. The highest BCUT2D eigenvalue weighted by atomic mass is 35.5. The van der Waals surface area contributed by atoms with Gasteiger partial charge in [0.05, 0.1) is 27.9 Å². The highest BCUT2D eigenvalue weighted by Gasteiger charge is 2.18. The van der Waals surface area contributed by atoms with Crippen LogP contribution in [-0.4, -0.2) is 22.4 Å². The van der Waals surface area contributed by atoms with Crippen LogP contribution in [0.2, 0.25) is 5.02 Å². The molecule has 6 heteroatoms. The number of nitrogens with zero attached hydrogens (tertiary/aromatic N) is 2. The summed E-state index contributed by atoms with van der Waals surface area (Å²) < 4.78 is 0. The van der Waals surface area contributed by atoms with E-state index in [-0.39, 0.29) is 11.7 Å². The van der Waals surface area contributed by atoms with Gasteiger partial charge in [-0.05, 0) is 78.4 Å². The zero-order chi connectivity index (χ0) is 24.2. The number of aliphatic imine (C=N–C) groups is 2. The van der Waals surface area contributed by atoms with Gasteiger partial charge in [-0.15, -0.1) is 11.8 Å². The van der Waals surface area contributed by atoms with Crippen molar-refractivity contribution in [2.75, 3.05) is 11.1 Å². The molecule has 1 N–H and O–H groups in total. The van der Waals surface area contributed by atoms with Gasteiger partial charge in [0, 0.05) is 17.1 Å². The zero-order valence-electron chi connectivity index (χ0n) is 19.9. The molecule has 4 rings (SSSR count). The molecule has 0 unspecified atom stereocenters. The topological polar surface area (TPSA) is 53.8 Å². The summed E-state index contributed by atoms with van der Waals surface area (Å²) in [6.07, 6.45) is 0.551. The van der Waals surface area contributed by atoms with Crippen LogP contribution < -0.4 is 5.32 Å². The summed E-state index contributed by atoms with van der Waals surface area (Å²) >= 11 is 7.55. The summed E-state index contributed by atoms with van der Waals surface area (Å²) in [5, 5.41) is 4.54. The minimum atomic E-state index is -0.0560. The molecule has 0 atom stereocenters. The van der Waals surface area contributed by atoms with Gasteiger partial charge < -0.3 is 5.32 Å². The van der Waals surface area contributed by atoms with E-state index >= 15 is 0 Å². The number of rotatable bonds is 5. The SMILES string of the molecule is Cc1cc2c(cc1C)N=C(c1ccc(Cl)cc1)CC(SCC(=O)Nc1ccc(C(C)C)cc1)=N2. The summed E-state index contributed by atoms with van der Waals surface area (Å²) in [7, 11) is 0. The number of hydrogen-bond acceptors (Lipinski definition) is 4. The molecule has 1 heterocycles. The predicted octanol–water partition coefficient (Wildman–Crippen LogP) is 8.01. The molecule has 0 fully saturated rings. The van der Waals surface area contributed by atoms with E-state index in [9.17, 15) is 4.79 Å². The van der Waals surface area contributed by atoms with E-state index in [1.165, 1.54) is 28.5 Å². The van der Waals surface area contributed by atoms with Gasteiger partial charge in [-0.25, -0.2) is 4.99 Å². The van der Waals surface area contributed by atoms with Crippen molar-refractivity contribution in [2.45, 2.75) is 40.0 Å². The first-order valence-electron chi connectivity index (χ1n) is 11.3. The Labute approximate surface area is 210 Å². The molecular formula is C28H28ClN3OS. The summed E-state index contributed by atoms with van der Waals surface area (Å²) in [6, 6.07) is 19.8. The van der Waals surface area contributed by atoms with Gasteiger partial charge in [-0.1, -0.05) is 49.7 Å². The molecule has 0 saturated carbocycles. The zero-order valence-corrected chi connectivity index (χ0v) is 21.4. The first-order chi connectivity index (χ1) is 16.3. The van der Waals surface area contributed by atoms with E-state index in [1.807, 2.05) is 36.4 Å². The number of carbonyl (C=O) groups excluding carboxylic acids is 1. The number of carbonyl (C=O) groups is 1. The number of anilines is 1. The number of fused-ring (bicyclic) bond motifs is 1. The largest absolute Gasteiger partial charge is 0.325 e. The molecule has 0 bridgehead atoms. The Balaban J connectivity index is 1.53. The second-order valence-electron chi connectivity index (χ2n) is 8.79. The lowest BCUT2D eigenvalue weighted by atomic mass is 10.0. The van der Waals surface area contributed by atoms with Crippen LogP contribution in [0.1, 0.15) is 48.4 Å². The molecule has 0 spiro atoms. The predicted molar refractivity (Wildman–Crippen MR) is 147 cm³/mol. The summed E-state index contributed by atoms with van der Waals surface area (Å²) in [5.41, 5.74) is 7.98. The molecule has 4 nitrogen and oxygen atoms in total. The van der Waals surface area contributed by atoms with E-state index < -0.39 is 0 Å². The Morgan fingerprint density at radius 1 is 0.971 bits per heavy atom. The minimum absolute atomic E-state index is 0.0560. The number of nitrogens with one attached hydrogen (secondary N) is 1. The fraction of sp³-hybridized carbons (Fsp3) is 0.250. The van der Waals surface area contributed by atoms with Crippen LogP contribution in [0.5, 0.6) is 0 Å². The average Bonchev–Trinajstić information content (AvgIpc) is 2.98. The van der Waals surface area contributed by atoms with E-state index in [2.05, 4.69) is 57.3 Å². The van der Waals surface area contributed by atoms with E-state index in [0.717, 1.165) is 33.4 Å². The Bertz CT molecular complexity index is 1260. The van der Waals surface area contributed by atoms with Crippen molar-refractivity contribution in [2.24, 2.45) is 9.98 Å². The highest BCUT2D eigenvalue weighted by Crippen LogP contribution is 2.36. The van der Waals surface area contributed by atoms with Crippen LogP contribution in [0.3, 0.4) is 0 Å². The monoisotopic (exact) mass is 489 g/mol. The Morgan fingerprint density at radius 2 is 1.59 bits per heavy atom. The molecule has 0 aromatic heterocycles. The number of halogens is 1. The summed E-state index contributed by atoms with van der Waals surface area (Å²) in [5.74, 6) is 0.679. The van der Waals surface area contributed by atoms with Crippen LogP contribution in [-0.2, 0) is 4.79 Å². The van der Waals surface area contributed by atoms with Crippen molar-refractivity contribution in [3.05, 3.63) is 87.9 Å². The van der Waals surface area contributed by atoms with Crippen molar-refractivity contribution < 1.29 is 4.79 Å². The number of aryl methyl sites for hydroxylation is 2. The van der Waals surface area contributed by atoms with Crippen molar-refractivity contribution in [1.29, 1.82) is 0 Å². The van der Waals surface area contributed by atoms with E-state index in [1.54, 1.807) is 0 Å². The third kappa shape index (κ3) is 5.96. The normalized spacial score (nSPS) is 13.1. The number of hydrogen-bond donors (Lipinski definition) is 1. The second-order valence-corrected chi connectivity index (χ2v) is 10.3. The Hall–Kier alpha value is -2.89. The lowest BCUT2D eigenvalue weighted by Gasteiger charge is -2.10. The van der Waals surface area contributed by atoms with Crippen LogP contribution in [0, 0.1) is 13.8 Å². The molecule has 1 aliphatic rings. The number of thioether (sulfide) groups is 1. The van der Waals surface area contributed by atoms with Gasteiger partial charge in [-0.2, -0.15) is 0 Å². The quantitative estimate of drug-likeness (QED) is 0.394.